The first-order valence-electron chi connectivity index (χ1n) is 7.75. The monoisotopic (exact) mass is 275 g/mol. The van der Waals surface area contributed by atoms with Crippen LogP contribution >= 0.6 is 0 Å². The van der Waals surface area contributed by atoms with Crippen molar-refractivity contribution in [1.29, 1.82) is 0 Å². The van der Waals surface area contributed by atoms with Crippen molar-refractivity contribution in [2.24, 2.45) is 0 Å². The van der Waals surface area contributed by atoms with Crippen molar-refractivity contribution in [2.45, 2.75) is 25.3 Å². The van der Waals surface area contributed by atoms with Crippen molar-refractivity contribution in [1.82, 2.24) is 0 Å². The molecule has 0 saturated carbocycles. The Morgan fingerprint density at radius 1 is 1.15 bits per heavy atom. The normalized spacial score (nSPS) is 40.1. The van der Waals surface area contributed by atoms with Crippen LogP contribution in [0.4, 0.5) is 0 Å². The van der Waals surface area contributed by atoms with Crippen LogP contribution in [0.5, 0.6) is 0 Å². The molecule has 3 fully saturated rings. The first-order chi connectivity index (χ1) is 9.77. The smallest absolute Gasteiger partial charge is 0.506 e. The highest BCUT2D eigenvalue weighted by atomic mass is 16.7. The van der Waals surface area contributed by atoms with Crippen LogP contribution in [0.3, 0.4) is 0 Å². The van der Waals surface area contributed by atoms with Crippen LogP contribution in [0.15, 0.2) is 24.3 Å². The summed E-state index contributed by atoms with van der Waals surface area (Å²) in [4.78, 5) is 1.45. The molecule has 4 nitrogen and oxygen atoms in total. The molecular formula is C15H22BNO3. The van der Waals surface area contributed by atoms with Crippen LogP contribution in [-0.4, -0.2) is 39.6 Å². The Hall–Kier alpha value is -0.875. The number of ether oxygens (including phenoxy) is 1. The lowest BCUT2D eigenvalue weighted by molar-refractivity contribution is -0.787. The molecule has 3 aliphatic heterocycles. The molecular weight excluding hydrogens is 253 g/mol. The molecule has 0 spiro atoms. The van der Waals surface area contributed by atoms with Crippen LogP contribution in [0.25, 0.3) is 0 Å². The Morgan fingerprint density at radius 2 is 1.95 bits per heavy atom. The zero-order valence-electron chi connectivity index (χ0n) is 12.1. The number of hydrogen-bond donors (Lipinski definition) is 1. The summed E-state index contributed by atoms with van der Waals surface area (Å²) in [6, 6.07) is 8.66. The topological polar surface area (TPSA) is 32.1 Å². The van der Waals surface area contributed by atoms with Gasteiger partial charge in [0.15, 0.2) is 0 Å². The lowest BCUT2D eigenvalue weighted by Crippen LogP contribution is -3.21. The molecule has 108 valence electrons. The minimum atomic E-state index is -1.42. The molecule has 3 heterocycles. The van der Waals surface area contributed by atoms with E-state index >= 15 is 0 Å². The standard InChI is InChI=1S/C15H22BNO3/c1-13-4-2-5-14(12-13)15(6-3-9-18-15)16-17(7-10-19-16)8-11-20-16/h2,4-5,12,17H,3,6-11H2,1H3. The molecule has 4 rings (SSSR count). The predicted molar refractivity (Wildman–Crippen MR) is 76.4 cm³/mol. The molecule has 1 aromatic rings. The number of nitrogens with one attached hydrogen (secondary N) is 1. The molecule has 1 unspecified atom stereocenters. The van der Waals surface area contributed by atoms with Crippen LogP contribution in [0, 0.1) is 6.92 Å². The van der Waals surface area contributed by atoms with Crippen LogP contribution in [0.2, 0.25) is 0 Å². The summed E-state index contributed by atoms with van der Waals surface area (Å²) in [6.07, 6.45) is 2.08. The molecule has 1 N–H and O–H groups in total. The molecule has 0 amide bonds. The molecule has 1 atom stereocenters. The Balaban J connectivity index is 1.85. The van der Waals surface area contributed by atoms with E-state index in [2.05, 4.69) is 31.2 Å². The molecule has 0 bridgehead atoms. The summed E-state index contributed by atoms with van der Waals surface area (Å²) in [6.45, 7) is 5.16. The van der Waals surface area contributed by atoms with Crippen LogP contribution in [-0.2, 0) is 19.5 Å². The number of hydrogen-bond acceptors (Lipinski definition) is 3. The fourth-order valence-electron chi connectivity index (χ4n) is 4.42. The molecule has 0 aliphatic carbocycles. The van der Waals surface area contributed by atoms with Gasteiger partial charge in [-0.05, 0) is 25.3 Å². The Bertz CT molecular complexity index is 506. The second-order valence-electron chi connectivity index (χ2n) is 6.32. The largest absolute Gasteiger partial charge is 0.508 e. The Morgan fingerprint density at radius 3 is 2.60 bits per heavy atom. The van der Waals surface area contributed by atoms with E-state index in [1.807, 2.05) is 0 Å². The fourth-order valence-corrected chi connectivity index (χ4v) is 4.42. The molecule has 0 radical (unpaired) electrons. The van der Waals surface area contributed by atoms with Crippen LogP contribution < -0.4 is 4.81 Å². The van der Waals surface area contributed by atoms with Crippen molar-refractivity contribution in [3.8, 4) is 0 Å². The van der Waals surface area contributed by atoms with Gasteiger partial charge in [0.1, 0.15) is 0 Å². The van der Waals surface area contributed by atoms with Crippen molar-refractivity contribution in [2.75, 3.05) is 32.9 Å². The molecule has 20 heavy (non-hydrogen) atoms. The maximum Gasteiger partial charge on any atom is 0.506 e. The molecule has 3 aliphatic rings. The highest BCUT2D eigenvalue weighted by molar-refractivity contribution is 6.62. The van der Waals surface area contributed by atoms with Gasteiger partial charge >= 0.3 is 6.69 Å². The van der Waals surface area contributed by atoms with E-state index in [0.717, 1.165) is 45.8 Å². The zero-order chi connectivity index (χ0) is 13.6. The van der Waals surface area contributed by atoms with Gasteiger partial charge in [-0.3, -0.25) is 0 Å². The number of rotatable bonds is 2. The van der Waals surface area contributed by atoms with Crippen molar-refractivity contribution >= 4 is 6.69 Å². The maximum absolute atomic E-state index is 6.33. The van der Waals surface area contributed by atoms with Gasteiger partial charge in [0.2, 0.25) is 0 Å². The summed E-state index contributed by atoms with van der Waals surface area (Å²) in [5.74, 6) is 0. The van der Waals surface area contributed by atoms with Crippen molar-refractivity contribution in [3.63, 3.8) is 0 Å². The number of quaternary nitrogens is 1. The second kappa shape index (κ2) is 4.56. The van der Waals surface area contributed by atoms with E-state index in [9.17, 15) is 0 Å². The summed E-state index contributed by atoms with van der Waals surface area (Å²) >= 11 is 0. The van der Waals surface area contributed by atoms with Gasteiger partial charge in [0.25, 0.3) is 0 Å². The van der Waals surface area contributed by atoms with Gasteiger partial charge in [-0.2, -0.15) is 0 Å². The van der Waals surface area contributed by atoms with Gasteiger partial charge in [-0.25, -0.2) is 0 Å². The fraction of sp³-hybridized carbons (Fsp3) is 0.600. The van der Waals surface area contributed by atoms with Gasteiger partial charge in [0, 0.05) is 6.61 Å². The van der Waals surface area contributed by atoms with Gasteiger partial charge in [0.05, 0.1) is 31.8 Å². The minimum Gasteiger partial charge on any atom is -0.508 e. The lowest BCUT2D eigenvalue weighted by atomic mass is 9.50. The van der Waals surface area contributed by atoms with E-state index in [0.29, 0.717) is 0 Å². The quantitative estimate of drug-likeness (QED) is 0.794. The summed E-state index contributed by atoms with van der Waals surface area (Å²) in [7, 11) is 0. The SMILES string of the molecule is Cc1cccc(C2([B-]34OCC[NH+]3CCO4)CCCO2)c1. The molecule has 3 saturated heterocycles. The number of aryl methyl sites for hydroxylation is 1. The van der Waals surface area contributed by atoms with E-state index in [1.165, 1.54) is 15.9 Å². The highest BCUT2D eigenvalue weighted by Crippen LogP contribution is 2.44. The number of benzene rings is 1. The first-order valence-corrected chi connectivity index (χ1v) is 7.75. The maximum atomic E-state index is 6.33. The third kappa shape index (κ3) is 1.58. The third-order valence-corrected chi connectivity index (χ3v) is 5.26. The highest BCUT2D eigenvalue weighted by Gasteiger charge is 2.66. The van der Waals surface area contributed by atoms with E-state index < -0.39 is 6.69 Å². The first kappa shape index (κ1) is 12.8. The van der Waals surface area contributed by atoms with Crippen molar-refractivity contribution in [3.05, 3.63) is 35.4 Å². The predicted octanol–water partition coefficient (Wildman–Crippen LogP) is 0.424. The average molecular weight is 275 g/mol. The third-order valence-electron chi connectivity index (χ3n) is 5.26. The van der Waals surface area contributed by atoms with Crippen LogP contribution in [0.1, 0.15) is 24.0 Å². The van der Waals surface area contributed by atoms with E-state index in [1.54, 1.807) is 0 Å². The lowest BCUT2D eigenvalue weighted by Gasteiger charge is -2.46. The van der Waals surface area contributed by atoms with Gasteiger partial charge in [-0.15, -0.1) is 0 Å². The average Bonchev–Trinajstić information content (AvgIpc) is 3.14. The summed E-state index contributed by atoms with van der Waals surface area (Å²) < 4.78 is 18.8. The Labute approximate surface area is 120 Å². The number of fused-ring (bicyclic) bond motifs is 1. The Kier molecular flexibility index (Phi) is 2.93. The second-order valence-corrected chi connectivity index (χ2v) is 6.32. The van der Waals surface area contributed by atoms with Gasteiger partial charge in [-0.1, -0.05) is 29.8 Å². The van der Waals surface area contributed by atoms with Gasteiger partial charge < -0.3 is 18.9 Å². The van der Waals surface area contributed by atoms with E-state index in [4.69, 9.17) is 14.0 Å². The summed E-state index contributed by atoms with van der Waals surface area (Å²) in [5, 5.41) is 0. The zero-order valence-corrected chi connectivity index (χ0v) is 12.1. The van der Waals surface area contributed by atoms with E-state index in [-0.39, 0.29) is 5.50 Å². The van der Waals surface area contributed by atoms with Crippen molar-refractivity contribution < 1.29 is 18.9 Å². The molecule has 1 aromatic carbocycles. The summed E-state index contributed by atoms with van der Waals surface area (Å²) in [5.41, 5.74) is 2.12. The molecule has 0 aromatic heterocycles. The minimum absolute atomic E-state index is 0.381. The molecule has 5 heteroatoms.